The minimum atomic E-state index is -3.22. The maximum absolute atomic E-state index is 12.8. The molecule has 10 rings (SSSR count). The van der Waals surface area contributed by atoms with Gasteiger partial charge >= 0.3 is 5.97 Å². The highest BCUT2D eigenvalue weighted by Crippen LogP contribution is 2.43. The van der Waals surface area contributed by atoms with E-state index in [2.05, 4.69) is 0 Å². The summed E-state index contributed by atoms with van der Waals surface area (Å²) in [7, 11) is 0. The average Bonchev–Trinajstić information content (AvgIpc) is 0.774. The van der Waals surface area contributed by atoms with Crippen LogP contribution in [-0.4, -0.2) is 508 Å². The predicted octanol–water partition coefficient (Wildman–Crippen LogP) is -18.1. The summed E-state index contributed by atoms with van der Waals surface area (Å²) >= 11 is 0. The van der Waals surface area contributed by atoms with E-state index in [0.29, 0.717) is 0 Å². The Labute approximate surface area is 671 Å². The number of hydrogen-bond acceptors (Lipinski definition) is 49. The lowest BCUT2D eigenvalue weighted by molar-refractivity contribution is -0.412. The molecule has 0 amide bonds. The van der Waals surface area contributed by atoms with Crippen molar-refractivity contribution in [2.45, 2.75) is 329 Å². The van der Waals surface area contributed by atoms with Crippen LogP contribution in [0.15, 0.2) is 0 Å². The largest absolute Gasteiger partial charge is 0.477 e. The van der Waals surface area contributed by atoms with Gasteiger partial charge in [0.25, 0.3) is 5.79 Å². The van der Waals surface area contributed by atoms with Crippen LogP contribution in [0.1, 0.15) is 41.0 Å². The van der Waals surface area contributed by atoms with Gasteiger partial charge in [-0.1, -0.05) is 27.7 Å². The molecule has 10 aliphatic rings. The van der Waals surface area contributed by atoms with Gasteiger partial charge in [-0.25, -0.2) is 4.79 Å². The number of aliphatic carboxylic acids is 1. The van der Waals surface area contributed by atoms with Gasteiger partial charge < -0.3 is 244 Å². The third-order valence-corrected chi connectivity index (χ3v) is 23.8. The molecule has 0 spiro atoms. The van der Waals surface area contributed by atoms with Gasteiger partial charge in [0.15, 0.2) is 50.3 Å². The van der Waals surface area contributed by atoms with Crippen LogP contribution in [0.5, 0.6) is 0 Å². The van der Waals surface area contributed by atoms with Crippen molar-refractivity contribution in [3.63, 3.8) is 0 Å². The molecule has 0 bridgehead atoms. The number of hydrogen-bond donors (Lipinski definition) is 30. The Bertz CT molecular complexity index is 3070. The molecule has 10 heterocycles. The van der Waals surface area contributed by atoms with Crippen molar-refractivity contribution in [3.8, 4) is 0 Å². The molecule has 31 N–H and O–H groups in total. The fourth-order valence-electron chi connectivity index (χ4n) is 15.9. The van der Waals surface area contributed by atoms with Crippen molar-refractivity contribution in [2.75, 3.05) is 66.1 Å². The molecule has 50 heteroatoms. The standard InChI is InChI=1S/C68H117NO49/c1-17-21(5)102-26(10-73)49(34(17)80)111-58-18(2)35(81)51(28(12-75)105-58)113-62-47(93)54(115-65-56(45(91)40(86)25(9-72)104-65)117-60-20(4)37(83)52(29(13-76)107-60)114-63-48(94)57(95)68(98,99)32(14-77)110-63)42(88)30(108-62)15-100-64-55(44(90)39(85)24(8-71)103-64)116-59-19(3)36(82)50(27(11-74)106-59)112-61-46(92)43(89)41(87)31(109-61)16-101-67(66(96)97)6-22(78)33(69)53(118-67)38(84)23(79)7-70/h17-65,70-95,98-99H,6-16,69H2,1-5H3,(H,96,97)/t17-,18+,19?,20+,21+,22-,23?,24?,25-,26?,27+,28?,29?,30?,31?,32?,33-,34?,35?,36?,37?,38?,39-,40-,41+,42-,43+,44?,45?,46?,47-,48+,49-,50-,51-,52-,53?,54?,55-,56?,57?,58+,59+,60+,61?,62+,63+,64+,65-,67-/m1/s1. The van der Waals surface area contributed by atoms with Crippen LogP contribution in [0, 0.1) is 23.7 Å². The summed E-state index contributed by atoms with van der Waals surface area (Å²) in [4.78, 5) is 12.8. The summed E-state index contributed by atoms with van der Waals surface area (Å²) in [6, 6.07) is -1.57. The fraction of sp³-hybridized carbons (Fsp3) is 0.985. The van der Waals surface area contributed by atoms with Crippen LogP contribution in [0.3, 0.4) is 0 Å². The molecule has 0 saturated carbocycles. The first-order valence-electron chi connectivity index (χ1n) is 38.6. The van der Waals surface area contributed by atoms with E-state index in [0.717, 1.165) is 0 Å². The van der Waals surface area contributed by atoms with Crippen molar-refractivity contribution in [3.05, 3.63) is 0 Å². The highest BCUT2D eigenvalue weighted by atomic mass is 16.8. The molecule has 10 fully saturated rings. The molecule has 118 heavy (non-hydrogen) atoms. The van der Waals surface area contributed by atoms with E-state index in [9.17, 15) is 153 Å². The van der Waals surface area contributed by atoms with E-state index in [1.807, 2.05) is 0 Å². The van der Waals surface area contributed by atoms with Crippen molar-refractivity contribution in [2.24, 2.45) is 29.4 Å². The molecular weight excluding hydrogens is 1610 g/mol. The summed E-state index contributed by atoms with van der Waals surface area (Å²) in [6.07, 6.45) is -85.9. The lowest BCUT2D eigenvalue weighted by Gasteiger charge is -2.51. The number of rotatable bonds is 31. The molecule has 10 saturated heterocycles. The quantitative estimate of drug-likeness (QED) is 0.0287. The van der Waals surface area contributed by atoms with Gasteiger partial charge in [0.1, 0.15) is 183 Å². The van der Waals surface area contributed by atoms with E-state index < -0.39 is 390 Å². The van der Waals surface area contributed by atoms with Gasteiger partial charge in [-0.3, -0.25) is 0 Å². The van der Waals surface area contributed by atoms with E-state index in [-0.39, 0.29) is 0 Å². The normalized spacial score (nSPS) is 51.6. The van der Waals surface area contributed by atoms with Crippen LogP contribution < -0.4 is 5.73 Å². The van der Waals surface area contributed by atoms with Gasteiger partial charge in [-0.15, -0.1) is 0 Å². The number of aliphatic hydroxyl groups is 28. The molecule has 0 aromatic rings. The number of carboxylic acids is 1. The minimum Gasteiger partial charge on any atom is -0.477 e. The zero-order valence-corrected chi connectivity index (χ0v) is 64.3. The number of ether oxygens (including phenoxy) is 19. The molecular formula is C68H117NO49. The van der Waals surface area contributed by atoms with Crippen molar-refractivity contribution in [1.29, 1.82) is 0 Å². The van der Waals surface area contributed by atoms with Gasteiger partial charge in [0, 0.05) is 30.1 Å². The Balaban J connectivity index is 0.894. The summed E-state index contributed by atoms with van der Waals surface area (Å²) in [5, 5.41) is 319. The van der Waals surface area contributed by atoms with Gasteiger partial charge in [0.05, 0.1) is 109 Å². The summed E-state index contributed by atoms with van der Waals surface area (Å²) < 4.78 is 113. The lowest BCUT2D eigenvalue weighted by Crippen LogP contribution is -2.69. The van der Waals surface area contributed by atoms with Crippen LogP contribution in [-0.2, 0) is 94.8 Å². The third-order valence-electron chi connectivity index (χ3n) is 23.8. The van der Waals surface area contributed by atoms with E-state index in [1.54, 1.807) is 13.8 Å². The van der Waals surface area contributed by atoms with Crippen LogP contribution in [0.25, 0.3) is 0 Å². The van der Waals surface area contributed by atoms with Crippen molar-refractivity contribution >= 4 is 5.97 Å². The molecule has 10 aliphatic heterocycles. The second kappa shape index (κ2) is 41.1. The zero-order chi connectivity index (χ0) is 87.1. The number of carbonyl (C=O) groups is 1. The van der Waals surface area contributed by atoms with E-state index >= 15 is 0 Å². The molecule has 0 aliphatic carbocycles. The molecule has 0 aromatic heterocycles. The minimum absolute atomic E-state index is 0.558. The lowest BCUT2D eigenvalue weighted by atomic mass is 9.88. The highest BCUT2D eigenvalue weighted by molar-refractivity contribution is 5.76. The average molecular weight is 1730 g/mol. The summed E-state index contributed by atoms with van der Waals surface area (Å²) in [5.41, 5.74) is 5.96. The second-order valence-electron chi connectivity index (χ2n) is 31.6. The van der Waals surface area contributed by atoms with Crippen LogP contribution in [0.2, 0.25) is 0 Å². The Morgan fingerprint density at radius 1 is 0.381 bits per heavy atom. The van der Waals surface area contributed by atoms with E-state index in [4.69, 9.17) is 95.7 Å². The zero-order valence-electron chi connectivity index (χ0n) is 64.3. The van der Waals surface area contributed by atoms with Crippen molar-refractivity contribution < 1.29 is 243 Å². The molecule has 50 nitrogen and oxygen atoms in total. The van der Waals surface area contributed by atoms with Gasteiger partial charge in [-0.2, -0.15) is 0 Å². The first kappa shape index (κ1) is 97.7. The number of carboxylic acid groups (broad SMARTS) is 1. The molecule has 0 radical (unpaired) electrons. The SMILES string of the molecule is CC1C(O)[C@H](OC2OC(CO[C@]3(C(=O)O)C[C@@H](O)[C@@H](N)C(C(O)C(O)CO)O3)[C@H](O)[C@H](O)C2O)[C@H](CO)O[C@H]1O[C@@H]1C(O)[C@H](O)C(CO)O[C@@H]1OCC1O[C@@H](O[C@@H]2C(CO)O[C@@H](O[C@@H]3C(CO)O[C@@H](C)[C@@H](C)C3O)[C@@H](C)C2O)[C@H](O)C(O[C@H]2O[C@H](CO)[C@@H](O)C(O)C2O[C@@H]2OC(CO)[C@@H](O[C@@H]3OC(CO)C(O)(O)C(O)[C@@H]3O)C(O)[C@@H]2C)[C@@H]1O. The van der Waals surface area contributed by atoms with Crippen molar-refractivity contribution in [1.82, 2.24) is 0 Å². The first-order valence-corrected chi connectivity index (χ1v) is 38.6. The Kier molecular flexibility index (Phi) is 34.0. The second-order valence-corrected chi connectivity index (χ2v) is 31.6. The Hall–Kier alpha value is -2.45. The molecule has 688 valence electrons. The molecule has 50 atom stereocenters. The third kappa shape index (κ3) is 19.9. The van der Waals surface area contributed by atoms with Crippen LogP contribution >= 0.6 is 0 Å². The Morgan fingerprint density at radius 2 is 0.754 bits per heavy atom. The molecule has 0 aromatic carbocycles. The maximum Gasteiger partial charge on any atom is 0.364 e. The summed E-state index contributed by atoms with van der Waals surface area (Å²) in [6.45, 7) is -3.16. The monoisotopic (exact) mass is 1730 g/mol. The molecule has 22 unspecified atom stereocenters. The Morgan fingerprint density at radius 3 is 1.20 bits per heavy atom. The van der Waals surface area contributed by atoms with E-state index in [1.165, 1.54) is 20.8 Å². The van der Waals surface area contributed by atoms with Gasteiger partial charge in [0.2, 0.25) is 5.79 Å². The fourth-order valence-corrected chi connectivity index (χ4v) is 15.9. The highest BCUT2D eigenvalue weighted by Gasteiger charge is 2.63. The first-order chi connectivity index (χ1) is 55.6. The predicted molar refractivity (Wildman–Crippen MR) is 366 cm³/mol. The maximum atomic E-state index is 12.8. The topological polar surface area (TPSA) is 805 Å². The smallest absolute Gasteiger partial charge is 0.364 e. The number of nitrogens with two attached hydrogens (primary N) is 1. The number of aliphatic hydroxyl groups excluding tert-OH is 26. The van der Waals surface area contributed by atoms with Gasteiger partial charge in [-0.05, 0) is 6.92 Å². The summed E-state index contributed by atoms with van der Waals surface area (Å²) in [5.74, 6) is -12.7. The van der Waals surface area contributed by atoms with Crippen LogP contribution in [0.4, 0.5) is 0 Å².